The van der Waals surface area contributed by atoms with Crippen molar-refractivity contribution in [3.63, 3.8) is 0 Å². The summed E-state index contributed by atoms with van der Waals surface area (Å²) >= 11 is 3.43. The molecule has 5 heteroatoms. The van der Waals surface area contributed by atoms with E-state index < -0.39 is 0 Å². The molecular formula is C14H20BrNO3. The minimum absolute atomic E-state index is 0.0705. The number of hydrogen-bond donors (Lipinski definition) is 1. The van der Waals surface area contributed by atoms with Crippen LogP contribution in [0.2, 0.25) is 0 Å². The molecule has 0 amide bonds. The van der Waals surface area contributed by atoms with Gasteiger partial charge in [-0.2, -0.15) is 0 Å². The predicted molar refractivity (Wildman–Crippen MR) is 78.2 cm³/mol. The largest absolute Gasteiger partial charge is 0.482 e. The minimum atomic E-state index is -0.354. The van der Waals surface area contributed by atoms with Gasteiger partial charge in [-0.05, 0) is 38.6 Å². The van der Waals surface area contributed by atoms with E-state index in [0.29, 0.717) is 12.3 Å². The number of carbonyl (C=O) groups excluding carboxylic acids is 1. The fraction of sp³-hybridized carbons (Fsp3) is 0.500. The summed E-state index contributed by atoms with van der Waals surface area (Å²) < 4.78 is 11.5. The molecule has 1 aromatic carbocycles. The fourth-order valence-electron chi connectivity index (χ4n) is 1.52. The Balaban J connectivity index is 2.63. The molecule has 19 heavy (non-hydrogen) atoms. The van der Waals surface area contributed by atoms with Gasteiger partial charge in [0.05, 0.1) is 6.10 Å². The molecule has 0 atom stereocenters. The van der Waals surface area contributed by atoms with E-state index in [2.05, 4.69) is 21.2 Å². The zero-order chi connectivity index (χ0) is 14.3. The van der Waals surface area contributed by atoms with Crippen LogP contribution in [0.1, 0.15) is 26.3 Å². The molecule has 0 aliphatic carbocycles. The SMILES string of the molecule is CCNCc1cc(Br)ccc1OCC(=O)OC(C)C. The highest BCUT2D eigenvalue weighted by atomic mass is 79.9. The maximum absolute atomic E-state index is 11.4. The van der Waals surface area contributed by atoms with Crippen molar-refractivity contribution < 1.29 is 14.3 Å². The van der Waals surface area contributed by atoms with Crippen LogP contribution in [-0.2, 0) is 16.1 Å². The zero-order valence-electron chi connectivity index (χ0n) is 11.5. The Hall–Kier alpha value is -1.07. The number of ether oxygens (including phenoxy) is 2. The third-order valence-corrected chi connectivity index (χ3v) is 2.79. The van der Waals surface area contributed by atoms with E-state index in [1.807, 2.05) is 39.0 Å². The van der Waals surface area contributed by atoms with E-state index in [4.69, 9.17) is 9.47 Å². The van der Waals surface area contributed by atoms with Gasteiger partial charge < -0.3 is 14.8 Å². The molecule has 0 bridgehead atoms. The number of carbonyl (C=O) groups is 1. The van der Waals surface area contributed by atoms with Gasteiger partial charge in [-0.3, -0.25) is 0 Å². The molecule has 0 fully saturated rings. The standard InChI is InChI=1S/C14H20BrNO3/c1-4-16-8-11-7-12(15)5-6-13(11)18-9-14(17)19-10(2)3/h5-7,10,16H,4,8-9H2,1-3H3. The second-order valence-electron chi connectivity index (χ2n) is 4.36. The van der Waals surface area contributed by atoms with Crippen LogP contribution in [0.5, 0.6) is 5.75 Å². The average Bonchev–Trinajstić information content (AvgIpc) is 2.34. The molecule has 4 nitrogen and oxygen atoms in total. The maximum atomic E-state index is 11.4. The summed E-state index contributed by atoms with van der Waals surface area (Å²) in [5, 5.41) is 3.24. The number of halogens is 1. The molecule has 0 saturated carbocycles. The minimum Gasteiger partial charge on any atom is -0.482 e. The van der Waals surface area contributed by atoms with E-state index in [-0.39, 0.29) is 18.7 Å². The molecule has 0 heterocycles. The smallest absolute Gasteiger partial charge is 0.344 e. The van der Waals surface area contributed by atoms with Crippen molar-refractivity contribution >= 4 is 21.9 Å². The predicted octanol–water partition coefficient (Wildman–Crippen LogP) is 2.89. The topological polar surface area (TPSA) is 47.6 Å². The van der Waals surface area contributed by atoms with E-state index in [1.165, 1.54) is 0 Å². The van der Waals surface area contributed by atoms with E-state index >= 15 is 0 Å². The highest BCUT2D eigenvalue weighted by Crippen LogP contribution is 2.23. The molecule has 1 aromatic rings. The molecule has 0 radical (unpaired) electrons. The van der Waals surface area contributed by atoms with Gasteiger partial charge in [-0.15, -0.1) is 0 Å². The lowest BCUT2D eigenvalue weighted by Gasteiger charge is -2.13. The van der Waals surface area contributed by atoms with Gasteiger partial charge in [-0.1, -0.05) is 22.9 Å². The quantitative estimate of drug-likeness (QED) is 0.781. The first-order valence-electron chi connectivity index (χ1n) is 6.34. The van der Waals surface area contributed by atoms with Crippen molar-refractivity contribution in [2.45, 2.75) is 33.4 Å². The maximum Gasteiger partial charge on any atom is 0.344 e. The van der Waals surface area contributed by atoms with Crippen LogP contribution in [0.25, 0.3) is 0 Å². The van der Waals surface area contributed by atoms with E-state index in [1.54, 1.807) is 0 Å². The van der Waals surface area contributed by atoms with Gasteiger partial charge in [0.15, 0.2) is 6.61 Å². The Morgan fingerprint density at radius 2 is 2.16 bits per heavy atom. The second-order valence-corrected chi connectivity index (χ2v) is 5.28. The molecule has 0 aliphatic heterocycles. The summed E-state index contributed by atoms with van der Waals surface area (Å²) in [5.41, 5.74) is 1.01. The lowest BCUT2D eigenvalue weighted by Crippen LogP contribution is -2.20. The van der Waals surface area contributed by atoms with E-state index in [0.717, 1.165) is 16.6 Å². The van der Waals surface area contributed by atoms with Crippen molar-refractivity contribution in [3.8, 4) is 5.75 Å². The van der Waals surface area contributed by atoms with Crippen molar-refractivity contribution in [2.75, 3.05) is 13.2 Å². The van der Waals surface area contributed by atoms with Crippen LogP contribution in [-0.4, -0.2) is 25.2 Å². The van der Waals surface area contributed by atoms with Crippen LogP contribution in [0.4, 0.5) is 0 Å². The molecule has 0 aromatic heterocycles. The van der Waals surface area contributed by atoms with Gasteiger partial charge in [0.2, 0.25) is 0 Å². The first kappa shape index (κ1) is 16.0. The Morgan fingerprint density at radius 3 is 2.79 bits per heavy atom. The van der Waals surface area contributed by atoms with Crippen LogP contribution in [0.15, 0.2) is 22.7 Å². The molecule has 0 saturated heterocycles. The lowest BCUT2D eigenvalue weighted by molar-refractivity contribution is -0.149. The van der Waals surface area contributed by atoms with Gasteiger partial charge in [0.1, 0.15) is 5.75 Å². The monoisotopic (exact) mass is 329 g/mol. The molecule has 1 N–H and O–H groups in total. The zero-order valence-corrected chi connectivity index (χ0v) is 13.1. The number of nitrogens with one attached hydrogen (secondary N) is 1. The summed E-state index contributed by atoms with van der Waals surface area (Å²) in [5.74, 6) is 0.345. The van der Waals surface area contributed by atoms with Gasteiger partial charge in [0, 0.05) is 16.6 Å². The number of hydrogen-bond acceptors (Lipinski definition) is 4. The van der Waals surface area contributed by atoms with Crippen LogP contribution >= 0.6 is 15.9 Å². The van der Waals surface area contributed by atoms with Crippen LogP contribution in [0.3, 0.4) is 0 Å². The van der Waals surface area contributed by atoms with Gasteiger partial charge in [0.25, 0.3) is 0 Å². The molecular weight excluding hydrogens is 310 g/mol. The Morgan fingerprint density at radius 1 is 1.42 bits per heavy atom. The summed E-state index contributed by atoms with van der Waals surface area (Å²) in [4.78, 5) is 11.4. The third-order valence-electron chi connectivity index (χ3n) is 2.30. The highest BCUT2D eigenvalue weighted by molar-refractivity contribution is 9.10. The molecule has 1 rings (SSSR count). The average molecular weight is 330 g/mol. The van der Waals surface area contributed by atoms with Crippen LogP contribution in [0, 0.1) is 0 Å². The number of rotatable bonds is 7. The molecule has 0 unspecified atom stereocenters. The van der Waals surface area contributed by atoms with Crippen molar-refractivity contribution in [1.82, 2.24) is 5.32 Å². The first-order chi connectivity index (χ1) is 9.02. The summed E-state index contributed by atoms with van der Waals surface area (Å²) in [7, 11) is 0. The van der Waals surface area contributed by atoms with Crippen molar-refractivity contribution in [1.29, 1.82) is 0 Å². The fourth-order valence-corrected chi connectivity index (χ4v) is 1.93. The number of benzene rings is 1. The Labute approximate surface area is 122 Å². The summed E-state index contributed by atoms with van der Waals surface area (Å²) in [6, 6.07) is 5.71. The highest BCUT2D eigenvalue weighted by Gasteiger charge is 2.09. The van der Waals surface area contributed by atoms with Gasteiger partial charge in [-0.25, -0.2) is 4.79 Å². The van der Waals surface area contributed by atoms with E-state index in [9.17, 15) is 4.79 Å². The Kier molecular flexibility index (Phi) is 6.87. The normalized spacial score (nSPS) is 10.6. The summed E-state index contributed by atoms with van der Waals surface area (Å²) in [6.45, 7) is 7.17. The number of esters is 1. The van der Waals surface area contributed by atoms with Crippen molar-refractivity contribution in [3.05, 3.63) is 28.2 Å². The Bertz CT molecular complexity index is 421. The van der Waals surface area contributed by atoms with Gasteiger partial charge >= 0.3 is 5.97 Å². The summed E-state index contributed by atoms with van der Waals surface area (Å²) in [6.07, 6.45) is -0.123. The molecule has 0 spiro atoms. The van der Waals surface area contributed by atoms with Crippen molar-refractivity contribution in [2.24, 2.45) is 0 Å². The van der Waals surface area contributed by atoms with Crippen LogP contribution < -0.4 is 10.1 Å². The lowest BCUT2D eigenvalue weighted by atomic mass is 10.2. The second kappa shape index (κ2) is 8.17. The molecule has 0 aliphatic rings. The third kappa shape index (κ3) is 6.07. The molecule has 106 valence electrons. The first-order valence-corrected chi connectivity index (χ1v) is 7.13.